The molecule has 1 heterocycles. The Morgan fingerprint density at radius 2 is 2.00 bits per heavy atom. The minimum atomic E-state index is -0.0554. The van der Waals surface area contributed by atoms with Gasteiger partial charge in [-0.05, 0) is 13.0 Å². The van der Waals surface area contributed by atoms with Gasteiger partial charge >= 0.3 is 0 Å². The van der Waals surface area contributed by atoms with Crippen LogP contribution < -0.4 is 10.1 Å². The molecule has 0 unspecified atom stereocenters. The Labute approximate surface area is 179 Å². The molecular formula is C20H31IN4O2. The van der Waals surface area contributed by atoms with Crippen molar-refractivity contribution in [3.63, 3.8) is 0 Å². The molecule has 150 valence electrons. The number of para-hydroxylation sites is 1. The fourth-order valence-corrected chi connectivity index (χ4v) is 2.51. The molecule has 0 aliphatic carbocycles. The maximum atomic E-state index is 5.83. The van der Waals surface area contributed by atoms with E-state index in [1.165, 1.54) is 0 Å². The molecular weight excluding hydrogens is 455 g/mol. The Kier molecular flexibility index (Phi) is 9.08. The molecule has 1 aromatic heterocycles. The third kappa shape index (κ3) is 6.71. The summed E-state index contributed by atoms with van der Waals surface area (Å²) in [5.41, 5.74) is 1.05. The topological polar surface area (TPSA) is 62.9 Å². The van der Waals surface area contributed by atoms with Crippen molar-refractivity contribution in [3.05, 3.63) is 47.7 Å². The maximum Gasteiger partial charge on any atom is 0.216 e. The monoisotopic (exact) mass is 486 g/mol. The lowest BCUT2D eigenvalue weighted by Gasteiger charge is -2.23. The molecule has 1 aromatic carbocycles. The zero-order valence-electron chi connectivity index (χ0n) is 17.1. The van der Waals surface area contributed by atoms with Crippen LogP contribution in [0.5, 0.6) is 5.75 Å². The van der Waals surface area contributed by atoms with Crippen molar-refractivity contribution in [2.75, 3.05) is 20.7 Å². The predicted octanol–water partition coefficient (Wildman–Crippen LogP) is 4.20. The summed E-state index contributed by atoms with van der Waals surface area (Å²) in [5.74, 6) is 3.16. The molecule has 7 heteroatoms. The number of benzene rings is 1. The van der Waals surface area contributed by atoms with Crippen LogP contribution in [0.2, 0.25) is 0 Å². The van der Waals surface area contributed by atoms with Gasteiger partial charge in [0.15, 0.2) is 5.96 Å². The number of hydrogen-bond donors (Lipinski definition) is 1. The second-order valence-corrected chi connectivity index (χ2v) is 7.21. The Morgan fingerprint density at radius 3 is 2.59 bits per heavy atom. The number of halogens is 1. The summed E-state index contributed by atoms with van der Waals surface area (Å²) in [7, 11) is 3.69. The van der Waals surface area contributed by atoms with Crippen molar-refractivity contribution in [1.29, 1.82) is 0 Å². The Bertz CT molecular complexity index is 738. The van der Waals surface area contributed by atoms with Crippen LogP contribution in [0.4, 0.5) is 0 Å². The van der Waals surface area contributed by atoms with Gasteiger partial charge in [0.2, 0.25) is 5.89 Å². The van der Waals surface area contributed by atoms with Crippen molar-refractivity contribution in [2.45, 2.75) is 46.2 Å². The molecule has 0 amide bonds. The van der Waals surface area contributed by atoms with E-state index in [9.17, 15) is 0 Å². The summed E-state index contributed by atoms with van der Waals surface area (Å²) in [6.45, 7) is 10.2. The molecule has 0 fully saturated rings. The van der Waals surface area contributed by atoms with Crippen molar-refractivity contribution in [1.82, 2.24) is 15.2 Å². The molecule has 0 saturated carbocycles. The molecule has 0 saturated heterocycles. The summed E-state index contributed by atoms with van der Waals surface area (Å²) in [5, 5.41) is 3.31. The molecule has 1 N–H and O–H groups in total. The number of guanidine groups is 1. The van der Waals surface area contributed by atoms with Crippen LogP contribution >= 0.6 is 24.0 Å². The molecule has 0 aliphatic heterocycles. The first-order valence-electron chi connectivity index (χ1n) is 8.91. The van der Waals surface area contributed by atoms with Crippen LogP contribution in [-0.4, -0.2) is 36.5 Å². The van der Waals surface area contributed by atoms with E-state index in [2.05, 4.69) is 54.0 Å². The molecule has 0 atom stereocenters. The number of rotatable bonds is 6. The second-order valence-electron chi connectivity index (χ2n) is 7.21. The van der Waals surface area contributed by atoms with E-state index >= 15 is 0 Å². The van der Waals surface area contributed by atoms with Gasteiger partial charge in [-0.1, -0.05) is 39.0 Å². The summed E-state index contributed by atoms with van der Waals surface area (Å²) in [4.78, 5) is 11.1. The van der Waals surface area contributed by atoms with Crippen LogP contribution in [0.1, 0.15) is 44.9 Å². The Balaban J connectivity index is 0.00000364. The van der Waals surface area contributed by atoms with Crippen LogP contribution in [0.3, 0.4) is 0 Å². The van der Waals surface area contributed by atoms with E-state index in [-0.39, 0.29) is 29.4 Å². The van der Waals surface area contributed by atoms with Gasteiger partial charge in [-0.3, -0.25) is 0 Å². The van der Waals surface area contributed by atoms with E-state index in [4.69, 9.17) is 9.15 Å². The third-order valence-corrected chi connectivity index (χ3v) is 3.95. The zero-order valence-corrected chi connectivity index (χ0v) is 19.4. The average Bonchev–Trinajstić information content (AvgIpc) is 3.08. The predicted molar refractivity (Wildman–Crippen MR) is 120 cm³/mol. The fourth-order valence-electron chi connectivity index (χ4n) is 2.51. The highest BCUT2D eigenvalue weighted by Crippen LogP contribution is 2.23. The number of methoxy groups -OCH3 is 1. The lowest BCUT2D eigenvalue weighted by Crippen LogP contribution is -2.38. The normalized spacial score (nSPS) is 11.7. The molecule has 6 nitrogen and oxygen atoms in total. The van der Waals surface area contributed by atoms with E-state index in [0.29, 0.717) is 19.0 Å². The highest BCUT2D eigenvalue weighted by molar-refractivity contribution is 14.0. The zero-order chi connectivity index (χ0) is 19.2. The van der Waals surface area contributed by atoms with E-state index in [0.717, 1.165) is 29.6 Å². The van der Waals surface area contributed by atoms with Gasteiger partial charge in [0.05, 0.1) is 13.3 Å². The second kappa shape index (κ2) is 10.5. The number of oxazole rings is 1. The smallest absolute Gasteiger partial charge is 0.216 e. The minimum absolute atomic E-state index is 0. The van der Waals surface area contributed by atoms with Gasteiger partial charge in [0.1, 0.15) is 18.1 Å². The number of nitrogens with zero attached hydrogens (tertiary/aromatic N) is 3. The number of ether oxygens (including phenoxy) is 1. The Morgan fingerprint density at radius 1 is 1.30 bits per heavy atom. The number of aliphatic imine (C=N–C) groups is 1. The first kappa shape index (κ1) is 23.3. The molecule has 0 bridgehead atoms. The lowest BCUT2D eigenvalue weighted by atomic mass is 9.94. The molecule has 2 rings (SSSR count). The van der Waals surface area contributed by atoms with Gasteiger partial charge in [-0.25, -0.2) is 9.98 Å². The Hall–Kier alpha value is -1.77. The molecule has 0 aliphatic rings. The van der Waals surface area contributed by atoms with Gasteiger partial charge < -0.3 is 19.4 Å². The molecule has 27 heavy (non-hydrogen) atoms. The summed E-state index contributed by atoms with van der Waals surface area (Å²) in [6.07, 6.45) is 1.79. The first-order valence-corrected chi connectivity index (χ1v) is 8.91. The van der Waals surface area contributed by atoms with Crippen molar-refractivity contribution >= 4 is 29.9 Å². The number of hydrogen-bond acceptors (Lipinski definition) is 4. The highest BCUT2D eigenvalue weighted by atomic mass is 127. The van der Waals surface area contributed by atoms with Crippen molar-refractivity contribution in [3.8, 4) is 5.75 Å². The maximum absolute atomic E-state index is 5.83. The van der Waals surface area contributed by atoms with Crippen molar-refractivity contribution < 1.29 is 9.15 Å². The quantitative estimate of drug-likeness (QED) is 0.377. The highest BCUT2D eigenvalue weighted by Gasteiger charge is 2.19. The number of aromatic nitrogens is 1. The lowest BCUT2D eigenvalue weighted by molar-refractivity contribution is 0.381. The van der Waals surface area contributed by atoms with E-state index in [1.807, 2.05) is 25.2 Å². The molecule has 2 aromatic rings. The number of nitrogens with one attached hydrogen (secondary N) is 1. The third-order valence-electron chi connectivity index (χ3n) is 3.95. The minimum Gasteiger partial charge on any atom is -0.496 e. The fraction of sp³-hybridized carbons (Fsp3) is 0.500. The van der Waals surface area contributed by atoms with E-state index < -0.39 is 0 Å². The van der Waals surface area contributed by atoms with Crippen LogP contribution in [0, 0.1) is 0 Å². The summed E-state index contributed by atoms with van der Waals surface area (Å²) >= 11 is 0. The van der Waals surface area contributed by atoms with Crippen molar-refractivity contribution in [2.24, 2.45) is 4.99 Å². The van der Waals surface area contributed by atoms with Crippen LogP contribution in [-0.2, 0) is 18.5 Å². The van der Waals surface area contributed by atoms with E-state index in [1.54, 1.807) is 13.3 Å². The van der Waals surface area contributed by atoms with Gasteiger partial charge in [-0.15, -0.1) is 24.0 Å². The SMILES string of the molecule is CCNC(=NCc1ncc(C(C)(C)C)o1)N(C)Cc1ccccc1OC.I. The van der Waals surface area contributed by atoms with Crippen LogP contribution in [0.25, 0.3) is 0 Å². The molecule has 0 spiro atoms. The van der Waals surface area contributed by atoms with Gasteiger partial charge in [0, 0.05) is 31.1 Å². The standard InChI is InChI=1S/C20H30N4O2.HI/c1-7-21-19(23-13-18-22-12-17(26-18)20(2,3)4)24(5)14-15-10-8-9-11-16(15)25-6;/h8-12H,7,13-14H2,1-6H3,(H,21,23);1H. The van der Waals surface area contributed by atoms with Gasteiger partial charge in [-0.2, -0.15) is 0 Å². The first-order chi connectivity index (χ1) is 12.3. The van der Waals surface area contributed by atoms with Crippen LogP contribution in [0.15, 0.2) is 39.9 Å². The van der Waals surface area contributed by atoms with Gasteiger partial charge in [0.25, 0.3) is 0 Å². The summed E-state index contributed by atoms with van der Waals surface area (Å²) < 4.78 is 11.3. The summed E-state index contributed by atoms with van der Waals surface area (Å²) in [6, 6.07) is 8.00. The molecule has 0 radical (unpaired) electrons. The average molecular weight is 486 g/mol. The largest absolute Gasteiger partial charge is 0.496 e.